The summed E-state index contributed by atoms with van der Waals surface area (Å²) in [6, 6.07) is 8.88. The topological polar surface area (TPSA) is 64.3 Å². The maximum atomic E-state index is 11.5. The summed E-state index contributed by atoms with van der Waals surface area (Å²) >= 11 is 7.10. The number of hydrazine groups is 1. The van der Waals surface area contributed by atoms with Crippen molar-refractivity contribution < 1.29 is 9.53 Å². The van der Waals surface area contributed by atoms with Crippen LogP contribution >= 0.6 is 22.9 Å². The number of thiophene rings is 1. The van der Waals surface area contributed by atoms with E-state index in [0.717, 1.165) is 5.56 Å². The monoisotopic (exact) mass is 282 g/mol. The highest BCUT2D eigenvalue weighted by atomic mass is 35.5. The number of halogens is 1. The first-order valence-electron chi connectivity index (χ1n) is 5.16. The molecular formula is C12H11ClN2O2S. The van der Waals surface area contributed by atoms with Crippen LogP contribution in [0.4, 0.5) is 0 Å². The highest BCUT2D eigenvalue weighted by Crippen LogP contribution is 2.20. The first-order valence-corrected chi connectivity index (χ1v) is 6.42. The summed E-state index contributed by atoms with van der Waals surface area (Å²) in [7, 11) is 0. The van der Waals surface area contributed by atoms with Gasteiger partial charge in [-0.25, -0.2) is 5.84 Å². The summed E-state index contributed by atoms with van der Waals surface area (Å²) in [6.07, 6.45) is 0. The molecular weight excluding hydrogens is 272 g/mol. The highest BCUT2D eigenvalue weighted by molar-refractivity contribution is 7.12. The van der Waals surface area contributed by atoms with E-state index in [0.29, 0.717) is 22.3 Å². The fraction of sp³-hybridized carbons (Fsp3) is 0.0833. The Morgan fingerprint density at radius 2 is 2.06 bits per heavy atom. The Morgan fingerprint density at radius 1 is 1.33 bits per heavy atom. The second-order valence-electron chi connectivity index (χ2n) is 3.49. The molecule has 1 heterocycles. The zero-order valence-corrected chi connectivity index (χ0v) is 10.9. The van der Waals surface area contributed by atoms with Crippen LogP contribution in [0.25, 0.3) is 0 Å². The maximum Gasteiger partial charge on any atom is 0.275 e. The molecule has 3 N–H and O–H groups in total. The van der Waals surface area contributed by atoms with Crippen LogP contribution in [0.5, 0.6) is 5.75 Å². The van der Waals surface area contributed by atoms with Crippen LogP contribution in [-0.4, -0.2) is 5.91 Å². The van der Waals surface area contributed by atoms with Gasteiger partial charge in [-0.3, -0.25) is 10.2 Å². The van der Waals surface area contributed by atoms with Crippen LogP contribution in [-0.2, 0) is 6.61 Å². The number of nitrogens with one attached hydrogen (secondary N) is 1. The number of nitrogens with two attached hydrogens (primary N) is 1. The Bertz CT molecular complexity index is 539. The van der Waals surface area contributed by atoms with Crippen molar-refractivity contribution in [1.29, 1.82) is 0 Å². The third kappa shape index (κ3) is 3.01. The molecule has 0 aliphatic rings. The number of hydrogen-bond donors (Lipinski definition) is 2. The average Bonchev–Trinajstić information content (AvgIpc) is 2.85. The molecule has 0 radical (unpaired) electrons. The number of ether oxygens (including phenoxy) is 1. The van der Waals surface area contributed by atoms with Crippen molar-refractivity contribution in [2.75, 3.05) is 0 Å². The molecule has 18 heavy (non-hydrogen) atoms. The van der Waals surface area contributed by atoms with E-state index in [4.69, 9.17) is 22.2 Å². The number of hydrogen-bond acceptors (Lipinski definition) is 4. The minimum Gasteiger partial charge on any atom is -0.489 e. The van der Waals surface area contributed by atoms with Gasteiger partial charge in [-0.15, -0.1) is 11.3 Å². The van der Waals surface area contributed by atoms with Gasteiger partial charge in [-0.2, -0.15) is 0 Å². The van der Waals surface area contributed by atoms with Crippen LogP contribution in [0, 0.1) is 0 Å². The standard InChI is InChI=1S/C12H11ClN2O2S/c13-9-1-3-10(4-2-9)17-7-8-5-6-18-11(8)12(16)15-14/h1-6H,7,14H2,(H,15,16). The fourth-order valence-corrected chi connectivity index (χ4v) is 2.34. The van der Waals surface area contributed by atoms with E-state index in [-0.39, 0.29) is 5.91 Å². The molecule has 0 atom stereocenters. The molecule has 0 aliphatic carbocycles. The van der Waals surface area contributed by atoms with Crippen molar-refractivity contribution in [2.45, 2.75) is 6.61 Å². The first-order chi connectivity index (χ1) is 8.70. The Labute approximate surface area is 113 Å². The minimum atomic E-state index is -0.306. The fourth-order valence-electron chi connectivity index (χ4n) is 1.41. The van der Waals surface area contributed by atoms with Gasteiger partial charge in [0.15, 0.2) is 0 Å². The molecule has 1 amide bonds. The van der Waals surface area contributed by atoms with Gasteiger partial charge in [0.05, 0.1) is 4.88 Å². The molecule has 0 aliphatic heterocycles. The summed E-state index contributed by atoms with van der Waals surface area (Å²) in [6.45, 7) is 0.313. The van der Waals surface area contributed by atoms with Crippen molar-refractivity contribution in [3.05, 3.63) is 51.2 Å². The van der Waals surface area contributed by atoms with Crippen molar-refractivity contribution in [1.82, 2.24) is 5.43 Å². The molecule has 1 aromatic carbocycles. The third-order valence-electron chi connectivity index (χ3n) is 2.29. The number of carbonyl (C=O) groups is 1. The molecule has 0 saturated carbocycles. The molecule has 2 aromatic rings. The van der Waals surface area contributed by atoms with Gasteiger partial charge >= 0.3 is 0 Å². The summed E-state index contributed by atoms with van der Waals surface area (Å²) in [4.78, 5) is 12.0. The second-order valence-corrected chi connectivity index (χ2v) is 4.84. The molecule has 0 fully saturated rings. The lowest BCUT2D eigenvalue weighted by molar-refractivity contribution is 0.0955. The SMILES string of the molecule is NNC(=O)c1sccc1COc1ccc(Cl)cc1. The number of carbonyl (C=O) groups excluding carboxylic acids is 1. The highest BCUT2D eigenvalue weighted by Gasteiger charge is 2.12. The van der Waals surface area contributed by atoms with Crippen LogP contribution in [0.1, 0.15) is 15.2 Å². The smallest absolute Gasteiger partial charge is 0.275 e. The molecule has 0 saturated heterocycles. The summed E-state index contributed by atoms with van der Waals surface area (Å²) < 4.78 is 5.57. The zero-order chi connectivity index (χ0) is 13.0. The predicted octanol–water partition coefficient (Wildman–Crippen LogP) is 2.58. The molecule has 0 spiro atoms. The summed E-state index contributed by atoms with van der Waals surface area (Å²) in [5, 5.41) is 2.48. The van der Waals surface area contributed by atoms with E-state index in [1.807, 2.05) is 11.4 Å². The molecule has 0 bridgehead atoms. The average molecular weight is 283 g/mol. The van der Waals surface area contributed by atoms with E-state index in [1.165, 1.54) is 11.3 Å². The van der Waals surface area contributed by atoms with Crippen LogP contribution in [0.15, 0.2) is 35.7 Å². The maximum absolute atomic E-state index is 11.5. The van der Waals surface area contributed by atoms with Crippen molar-refractivity contribution in [3.8, 4) is 5.75 Å². The first kappa shape index (κ1) is 12.9. The molecule has 94 valence electrons. The quantitative estimate of drug-likeness (QED) is 0.515. The van der Waals surface area contributed by atoms with Gasteiger partial charge in [0.25, 0.3) is 5.91 Å². The normalized spacial score (nSPS) is 10.1. The zero-order valence-electron chi connectivity index (χ0n) is 9.35. The minimum absolute atomic E-state index is 0.306. The van der Waals surface area contributed by atoms with E-state index >= 15 is 0 Å². The lowest BCUT2D eigenvalue weighted by Gasteiger charge is -2.06. The van der Waals surface area contributed by atoms with Crippen LogP contribution in [0.3, 0.4) is 0 Å². The van der Waals surface area contributed by atoms with E-state index in [1.54, 1.807) is 24.3 Å². The van der Waals surface area contributed by atoms with Crippen LogP contribution in [0.2, 0.25) is 5.02 Å². The van der Waals surface area contributed by atoms with Gasteiger partial charge in [-0.1, -0.05) is 11.6 Å². The van der Waals surface area contributed by atoms with Crippen molar-refractivity contribution in [2.24, 2.45) is 5.84 Å². The van der Waals surface area contributed by atoms with E-state index in [9.17, 15) is 4.79 Å². The van der Waals surface area contributed by atoms with Gasteiger partial charge in [0.2, 0.25) is 0 Å². The molecule has 0 unspecified atom stereocenters. The molecule has 6 heteroatoms. The molecule has 2 rings (SSSR count). The second kappa shape index (κ2) is 5.86. The summed E-state index contributed by atoms with van der Waals surface area (Å²) in [5.41, 5.74) is 2.92. The van der Waals surface area contributed by atoms with Gasteiger partial charge < -0.3 is 4.74 Å². The Hall–Kier alpha value is -1.56. The Morgan fingerprint density at radius 3 is 2.72 bits per heavy atom. The number of amides is 1. The van der Waals surface area contributed by atoms with Crippen molar-refractivity contribution >= 4 is 28.8 Å². The molecule has 4 nitrogen and oxygen atoms in total. The van der Waals surface area contributed by atoms with E-state index in [2.05, 4.69) is 5.43 Å². The lowest BCUT2D eigenvalue weighted by Crippen LogP contribution is -2.30. The Balaban J connectivity index is 2.04. The number of benzene rings is 1. The third-order valence-corrected chi connectivity index (χ3v) is 3.50. The largest absolute Gasteiger partial charge is 0.489 e. The number of nitrogen functional groups attached to an aromatic ring is 1. The van der Waals surface area contributed by atoms with Gasteiger partial charge in [-0.05, 0) is 35.7 Å². The van der Waals surface area contributed by atoms with Crippen molar-refractivity contribution in [3.63, 3.8) is 0 Å². The van der Waals surface area contributed by atoms with Crippen LogP contribution < -0.4 is 16.0 Å². The Kier molecular flexibility index (Phi) is 4.19. The summed E-state index contributed by atoms with van der Waals surface area (Å²) in [5.74, 6) is 5.50. The van der Waals surface area contributed by atoms with E-state index < -0.39 is 0 Å². The lowest BCUT2D eigenvalue weighted by atomic mass is 10.2. The van der Waals surface area contributed by atoms with Gasteiger partial charge in [0, 0.05) is 10.6 Å². The molecule has 1 aromatic heterocycles. The number of rotatable bonds is 4. The predicted molar refractivity (Wildman–Crippen MR) is 71.8 cm³/mol. The van der Waals surface area contributed by atoms with Gasteiger partial charge in [0.1, 0.15) is 12.4 Å².